The molecule has 0 aliphatic rings. The summed E-state index contributed by atoms with van der Waals surface area (Å²) in [7, 11) is 3.16. The molecule has 4 heteroatoms. The lowest BCUT2D eigenvalue weighted by Gasteiger charge is -2.40. The van der Waals surface area contributed by atoms with Gasteiger partial charge in [0, 0.05) is 18.2 Å². The lowest BCUT2D eigenvalue weighted by molar-refractivity contribution is -0.0572. The molecule has 0 aromatic heterocycles. The largest absolute Gasteiger partial charge is 0.497 e. The van der Waals surface area contributed by atoms with E-state index in [1.807, 2.05) is 20.8 Å². The van der Waals surface area contributed by atoms with Crippen LogP contribution in [0.4, 0.5) is 0 Å². The zero-order valence-electron chi connectivity index (χ0n) is 11.8. The van der Waals surface area contributed by atoms with Crippen molar-refractivity contribution in [1.82, 2.24) is 0 Å². The first-order chi connectivity index (χ1) is 8.30. The third-order valence-corrected chi connectivity index (χ3v) is 3.39. The van der Waals surface area contributed by atoms with E-state index < -0.39 is 11.0 Å². The minimum absolute atomic E-state index is 0.124. The van der Waals surface area contributed by atoms with Crippen LogP contribution in [0.3, 0.4) is 0 Å². The van der Waals surface area contributed by atoms with Crippen LogP contribution in [-0.2, 0) is 5.60 Å². The fourth-order valence-corrected chi connectivity index (χ4v) is 1.96. The number of hydrogen-bond acceptors (Lipinski definition) is 4. The van der Waals surface area contributed by atoms with Crippen molar-refractivity contribution in [3.8, 4) is 11.5 Å². The minimum atomic E-state index is -1.15. The molecule has 1 unspecified atom stereocenters. The van der Waals surface area contributed by atoms with Gasteiger partial charge in [0.05, 0.1) is 14.2 Å². The molecular formula is C14H23NO3. The number of methoxy groups -OCH3 is 2. The van der Waals surface area contributed by atoms with Crippen LogP contribution >= 0.6 is 0 Å². The molecule has 0 amide bonds. The van der Waals surface area contributed by atoms with E-state index in [1.165, 1.54) is 0 Å². The van der Waals surface area contributed by atoms with Gasteiger partial charge in [-0.05, 0) is 17.5 Å². The van der Waals surface area contributed by atoms with Gasteiger partial charge in [-0.1, -0.05) is 20.8 Å². The molecule has 0 saturated carbocycles. The summed E-state index contributed by atoms with van der Waals surface area (Å²) in [6, 6.07) is 5.35. The first kappa shape index (κ1) is 14.8. The van der Waals surface area contributed by atoms with Gasteiger partial charge in [0.1, 0.15) is 17.1 Å². The SMILES string of the molecule is COc1ccc(C(O)(CN)C(C)(C)C)c(OC)c1. The molecule has 0 saturated heterocycles. The van der Waals surface area contributed by atoms with Crippen LogP contribution in [0, 0.1) is 5.41 Å². The highest BCUT2D eigenvalue weighted by Gasteiger charge is 2.42. The third kappa shape index (κ3) is 2.44. The Hall–Kier alpha value is -1.26. The van der Waals surface area contributed by atoms with Crippen molar-refractivity contribution in [3.05, 3.63) is 23.8 Å². The minimum Gasteiger partial charge on any atom is -0.497 e. The predicted octanol–water partition coefficient (Wildman–Crippen LogP) is 1.90. The molecule has 0 bridgehead atoms. The normalized spacial score (nSPS) is 15.1. The molecule has 0 radical (unpaired) electrons. The van der Waals surface area contributed by atoms with E-state index in [2.05, 4.69) is 0 Å². The van der Waals surface area contributed by atoms with E-state index in [4.69, 9.17) is 15.2 Å². The maximum Gasteiger partial charge on any atom is 0.128 e. The summed E-state index contributed by atoms with van der Waals surface area (Å²) in [5, 5.41) is 10.9. The standard InChI is InChI=1S/C14H23NO3/c1-13(2,3)14(16,9-15)11-7-6-10(17-4)8-12(11)18-5/h6-8,16H,9,15H2,1-5H3. The van der Waals surface area contributed by atoms with Gasteiger partial charge in [-0.25, -0.2) is 0 Å². The molecule has 0 spiro atoms. The molecule has 1 rings (SSSR count). The average molecular weight is 253 g/mol. The monoisotopic (exact) mass is 253 g/mol. The molecule has 0 fully saturated rings. The maximum atomic E-state index is 10.9. The molecule has 0 aliphatic heterocycles. The van der Waals surface area contributed by atoms with Crippen LogP contribution in [0.2, 0.25) is 0 Å². The van der Waals surface area contributed by atoms with Crippen LogP contribution in [-0.4, -0.2) is 25.9 Å². The van der Waals surface area contributed by atoms with Crippen LogP contribution < -0.4 is 15.2 Å². The van der Waals surface area contributed by atoms with E-state index in [-0.39, 0.29) is 6.54 Å². The lowest BCUT2D eigenvalue weighted by Crippen LogP contribution is -2.46. The number of ether oxygens (including phenoxy) is 2. The van der Waals surface area contributed by atoms with Gasteiger partial charge in [0.25, 0.3) is 0 Å². The van der Waals surface area contributed by atoms with Gasteiger partial charge in [-0.2, -0.15) is 0 Å². The van der Waals surface area contributed by atoms with E-state index in [0.29, 0.717) is 17.1 Å². The number of benzene rings is 1. The fraction of sp³-hybridized carbons (Fsp3) is 0.571. The summed E-state index contributed by atoms with van der Waals surface area (Å²) >= 11 is 0. The smallest absolute Gasteiger partial charge is 0.128 e. The van der Waals surface area contributed by atoms with Gasteiger partial charge in [0.15, 0.2) is 0 Å². The van der Waals surface area contributed by atoms with E-state index in [1.54, 1.807) is 32.4 Å². The van der Waals surface area contributed by atoms with Crippen molar-refractivity contribution in [2.75, 3.05) is 20.8 Å². The zero-order chi connectivity index (χ0) is 14.0. The van der Waals surface area contributed by atoms with E-state index in [9.17, 15) is 5.11 Å². The Morgan fingerprint density at radius 2 is 1.78 bits per heavy atom. The highest BCUT2D eigenvalue weighted by Crippen LogP contribution is 2.43. The molecule has 1 aromatic rings. The van der Waals surface area contributed by atoms with Crippen LogP contribution in [0.1, 0.15) is 26.3 Å². The van der Waals surface area contributed by atoms with Crippen molar-refractivity contribution < 1.29 is 14.6 Å². The molecule has 18 heavy (non-hydrogen) atoms. The van der Waals surface area contributed by atoms with Crippen LogP contribution in [0.15, 0.2) is 18.2 Å². The fourth-order valence-electron chi connectivity index (χ4n) is 1.96. The molecule has 1 atom stereocenters. The van der Waals surface area contributed by atoms with Crippen molar-refractivity contribution in [3.63, 3.8) is 0 Å². The molecule has 0 heterocycles. The molecule has 4 nitrogen and oxygen atoms in total. The quantitative estimate of drug-likeness (QED) is 0.860. The zero-order valence-corrected chi connectivity index (χ0v) is 11.8. The molecule has 1 aromatic carbocycles. The number of rotatable bonds is 4. The summed E-state index contributed by atoms with van der Waals surface area (Å²) in [5.41, 5.74) is 4.92. The number of aliphatic hydroxyl groups is 1. The second-order valence-corrected chi connectivity index (χ2v) is 5.38. The Morgan fingerprint density at radius 3 is 2.17 bits per heavy atom. The third-order valence-electron chi connectivity index (χ3n) is 3.39. The van der Waals surface area contributed by atoms with Gasteiger partial charge in [-0.15, -0.1) is 0 Å². The Morgan fingerprint density at radius 1 is 1.17 bits per heavy atom. The molecule has 0 aliphatic carbocycles. The Balaban J connectivity index is 3.38. The molecular weight excluding hydrogens is 230 g/mol. The summed E-state index contributed by atoms with van der Waals surface area (Å²) in [6.07, 6.45) is 0. The van der Waals surface area contributed by atoms with E-state index in [0.717, 1.165) is 0 Å². The number of nitrogens with two attached hydrogens (primary N) is 1. The summed E-state index contributed by atoms with van der Waals surface area (Å²) in [4.78, 5) is 0. The van der Waals surface area contributed by atoms with Gasteiger partial charge in [-0.3, -0.25) is 0 Å². The Bertz CT molecular complexity index is 412. The first-order valence-electron chi connectivity index (χ1n) is 5.95. The van der Waals surface area contributed by atoms with Crippen molar-refractivity contribution >= 4 is 0 Å². The van der Waals surface area contributed by atoms with Gasteiger partial charge in [0.2, 0.25) is 0 Å². The Labute approximate surface area is 109 Å². The topological polar surface area (TPSA) is 64.7 Å². The van der Waals surface area contributed by atoms with Gasteiger partial charge >= 0.3 is 0 Å². The second-order valence-electron chi connectivity index (χ2n) is 5.38. The van der Waals surface area contributed by atoms with Crippen molar-refractivity contribution in [2.24, 2.45) is 11.1 Å². The Kier molecular flexibility index (Phi) is 4.24. The summed E-state index contributed by atoms with van der Waals surface area (Å²) in [5.74, 6) is 1.26. The van der Waals surface area contributed by atoms with E-state index >= 15 is 0 Å². The summed E-state index contributed by atoms with van der Waals surface area (Å²) < 4.78 is 10.5. The average Bonchev–Trinajstić information content (AvgIpc) is 2.35. The number of hydrogen-bond donors (Lipinski definition) is 2. The van der Waals surface area contributed by atoms with Crippen LogP contribution in [0.25, 0.3) is 0 Å². The van der Waals surface area contributed by atoms with Gasteiger partial charge < -0.3 is 20.3 Å². The highest BCUT2D eigenvalue weighted by molar-refractivity contribution is 5.45. The van der Waals surface area contributed by atoms with Crippen LogP contribution in [0.5, 0.6) is 11.5 Å². The molecule has 102 valence electrons. The maximum absolute atomic E-state index is 10.9. The second kappa shape index (κ2) is 5.16. The summed E-state index contributed by atoms with van der Waals surface area (Å²) in [6.45, 7) is 5.97. The van der Waals surface area contributed by atoms with Crippen molar-refractivity contribution in [1.29, 1.82) is 0 Å². The highest BCUT2D eigenvalue weighted by atomic mass is 16.5. The first-order valence-corrected chi connectivity index (χ1v) is 5.95. The predicted molar refractivity (Wildman–Crippen MR) is 72.0 cm³/mol. The lowest BCUT2D eigenvalue weighted by atomic mass is 9.72. The van der Waals surface area contributed by atoms with Crippen molar-refractivity contribution in [2.45, 2.75) is 26.4 Å². The molecule has 3 N–H and O–H groups in total.